The van der Waals surface area contributed by atoms with E-state index in [-0.39, 0.29) is 6.61 Å². The molecule has 0 unspecified atom stereocenters. The van der Waals surface area contributed by atoms with Gasteiger partial charge in [0, 0.05) is 0 Å². The Morgan fingerprint density at radius 1 is 0.595 bits per heavy atom. The van der Waals surface area contributed by atoms with E-state index >= 15 is 0 Å². The number of furan rings is 2. The second kappa shape index (κ2) is 13.2. The number of aliphatic hydroxyl groups is 1. The summed E-state index contributed by atoms with van der Waals surface area (Å²) in [5.74, 6) is 1.29. The van der Waals surface area contributed by atoms with Gasteiger partial charge in [0.25, 0.3) is 0 Å². The van der Waals surface area contributed by atoms with Crippen LogP contribution in [-0.2, 0) is 23.6 Å². The molecule has 0 saturated heterocycles. The van der Waals surface area contributed by atoms with Crippen LogP contribution in [0.4, 0.5) is 0 Å². The van der Waals surface area contributed by atoms with Crippen molar-refractivity contribution in [3.05, 3.63) is 150 Å². The topological polar surface area (TPSA) is 55.7 Å². The van der Waals surface area contributed by atoms with Crippen molar-refractivity contribution in [2.45, 2.75) is 18.8 Å². The van der Waals surface area contributed by atoms with E-state index in [1.807, 2.05) is 60.7 Å². The van der Waals surface area contributed by atoms with Crippen LogP contribution in [0.5, 0.6) is 0 Å². The van der Waals surface area contributed by atoms with Gasteiger partial charge in [0.15, 0.2) is 9.34 Å². The summed E-state index contributed by atoms with van der Waals surface area (Å²) in [5, 5.41) is 8.54. The van der Waals surface area contributed by atoms with Crippen molar-refractivity contribution in [3.63, 3.8) is 0 Å². The van der Waals surface area contributed by atoms with E-state index < -0.39 is 5.60 Å². The Balaban J connectivity index is 0.000000301. The lowest BCUT2D eigenvalue weighted by atomic mass is 9.80. The number of aliphatic hydroxyl groups excluding tert-OH is 1. The predicted octanol–water partition coefficient (Wildman–Crippen LogP) is 9.61. The summed E-state index contributed by atoms with van der Waals surface area (Å²) < 4.78 is 20.4. The van der Waals surface area contributed by atoms with Gasteiger partial charge < -0.3 is 18.7 Å². The SMILES string of the molecule is Brc1cc(COC(c2ccccc2)(c2ccccc2)c2ccccc2)oc1Br.OCc1cc(Br)c(Br)o1. The molecule has 2 aromatic heterocycles. The Labute approximate surface area is 249 Å². The van der Waals surface area contributed by atoms with Gasteiger partial charge in [0.2, 0.25) is 0 Å². The molecule has 0 spiro atoms. The lowest BCUT2D eigenvalue weighted by Gasteiger charge is -2.35. The molecule has 5 rings (SSSR count). The maximum atomic E-state index is 8.54. The van der Waals surface area contributed by atoms with E-state index in [0.717, 1.165) is 31.4 Å². The predicted molar refractivity (Wildman–Crippen MR) is 158 cm³/mol. The summed E-state index contributed by atoms with van der Waals surface area (Å²) in [6.45, 7) is 0.257. The molecule has 0 aliphatic rings. The molecule has 5 aromatic rings. The van der Waals surface area contributed by atoms with Crippen LogP contribution in [0.1, 0.15) is 28.2 Å². The Kier molecular flexibility index (Phi) is 10.0. The summed E-state index contributed by atoms with van der Waals surface area (Å²) >= 11 is 13.2. The van der Waals surface area contributed by atoms with E-state index in [9.17, 15) is 0 Å². The van der Waals surface area contributed by atoms with Crippen molar-refractivity contribution >= 4 is 63.7 Å². The molecule has 4 nitrogen and oxygen atoms in total. The molecule has 2 heterocycles. The summed E-state index contributed by atoms with van der Waals surface area (Å²) in [6.07, 6.45) is 0. The van der Waals surface area contributed by atoms with Gasteiger partial charge in [-0.05, 0) is 92.5 Å². The van der Waals surface area contributed by atoms with Crippen LogP contribution in [0.25, 0.3) is 0 Å². The first-order valence-corrected chi connectivity index (χ1v) is 14.4. The molecule has 1 N–H and O–H groups in total. The molecule has 0 atom stereocenters. The van der Waals surface area contributed by atoms with Crippen LogP contribution < -0.4 is 0 Å². The minimum Gasteiger partial charge on any atom is -0.451 e. The largest absolute Gasteiger partial charge is 0.451 e. The average Bonchev–Trinajstić information content (AvgIpc) is 3.45. The van der Waals surface area contributed by atoms with Gasteiger partial charge in [-0.3, -0.25) is 0 Å². The van der Waals surface area contributed by atoms with Gasteiger partial charge in [0.05, 0.1) is 8.95 Å². The van der Waals surface area contributed by atoms with Crippen LogP contribution in [0.3, 0.4) is 0 Å². The Morgan fingerprint density at radius 3 is 1.27 bits per heavy atom. The second-order valence-corrected chi connectivity index (χ2v) is 11.0. The number of ether oxygens (including phenoxy) is 1. The van der Waals surface area contributed by atoms with Crippen molar-refractivity contribution in [3.8, 4) is 0 Å². The molecule has 3 aromatic carbocycles. The van der Waals surface area contributed by atoms with E-state index in [1.165, 1.54) is 0 Å². The van der Waals surface area contributed by atoms with E-state index in [4.69, 9.17) is 18.7 Å². The second-order valence-electron chi connectivity index (χ2n) is 7.89. The van der Waals surface area contributed by atoms with Gasteiger partial charge in [-0.2, -0.15) is 0 Å². The molecule has 0 aliphatic carbocycles. The summed E-state index contributed by atoms with van der Waals surface area (Å²) in [6, 6.07) is 34.6. The van der Waals surface area contributed by atoms with Crippen LogP contribution >= 0.6 is 63.7 Å². The summed E-state index contributed by atoms with van der Waals surface area (Å²) in [5.41, 5.74) is 2.45. The molecule has 0 bridgehead atoms. The van der Waals surface area contributed by atoms with E-state index in [2.05, 4.69) is 100 Å². The Bertz CT molecular complexity index is 1260. The monoisotopic (exact) mass is 750 g/mol. The first-order valence-electron chi connectivity index (χ1n) is 11.2. The molecular formula is C29H22Br4O4. The van der Waals surface area contributed by atoms with Crippen LogP contribution in [0.2, 0.25) is 0 Å². The van der Waals surface area contributed by atoms with Crippen molar-refractivity contribution in [1.29, 1.82) is 0 Å². The van der Waals surface area contributed by atoms with Crippen LogP contribution in [0.15, 0.2) is 130 Å². The standard InChI is InChI=1S/C24H18Br2O2.C5H4Br2O2/c25-22-16-21(28-23(22)26)17-27-24(18-10-4-1-5-11-18,19-12-6-2-7-13-19)20-14-8-3-9-15-20;6-4-1-3(2-8)9-5(4)7/h1-16H,17H2;1,8H,2H2. The number of hydrogen-bond acceptors (Lipinski definition) is 4. The maximum absolute atomic E-state index is 8.54. The molecular weight excluding hydrogens is 732 g/mol. The van der Waals surface area contributed by atoms with Gasteiger partial charge in [-0.1, -0.05) is 91.0 Å². The first-order chi connectivity index (χ1) is 17.9. The smallest absolute Gasteiger partial charge is 0.183 e. The van der Waals surface area contributed by atoms with Crippen molar-refractivity contribution < 1.29 is 18.7 Å². The fraction of sp³-hybridized carbons (Fsp3) is 0.103. The molecule has 37 heavy (non-hydrogen) atoms. The quantitative estimate of drug-likeness (QED) is 0.168. The molecule has 190 valence electrons. The van der Waals surface area contributed by atoms with Gasteiger partial charge >= 0.3 is 0 Å². The lowest BCUT2D eigenvalue weighted by Crippen LogP contribution is -2.32. The Hall–Kier alpha value is -1.94. The zero-order valence-corrected chi connectivity index (χ0v) is 25.8. The normalized spacial score (nSPS) is 11.2. The highest BCUT2D eigenvalue weighted by Crippen LogP contribution is 2.41. The number of halogens is 4. The number of hydrogen-bond donors (Lipinski definition) is 1. The highest BCUT2D eigenvalue weighted by molar-refractivity contribution is 9.13. The molecule has 0 aliphatic heterocycles. The maximum Gasteiger partial charge on any atom is 0.183 e. The van der Waals surface area contributed by atoms with Crippen LogP contribution in [-0.4, -0.2) is 5.11 Å². The summed E-state index contributed by atoms with van der Waals surface area (Å²) in [4.78, 5) is 0. The van der Waals surface area contributed by atoms with Crippen molar-refractivity contribution in [2.75, 3.05) is 0 Å². The van der Waals surface area contributed by atoms with Crippen molar-refractivity contribution in [1.82, 2.24) is 0 Å². The number of rotatable bonds is 7. The summed E-state index contributed by atoms with van der Waals surface area (Å²) in [7, 11) is 0. The van der Waals surface area contributed by atoms with Gasteiger partial charge in [-0.25, -0.2) is 0 Å². The highest BCUT2D eigenvalue weighted by Gasteiger charge is 2.37. The third kappa shape index (κ3) is 6.74. The lowest BCUT2D eigenvalue weighted by molar-refractivity contribution is -0.00820. The molecule has 0 radical (unpaired) electrons. The molecule has 0 saturated carbocycles. The minimum absolute atomic E-state index is 0.0653. The molecule has 0 amide bonds. The average molecular weight is 754 g/mol. The molecule has 8 heteroatoms. The van der Waals surface area contributed by atoms with Gasteiger partial charge in [-0.15, -0.1) is 0 Å². The highest BCUT2D eigenvalue weighted by atomic mass is 79.9. The van der Waals surface area contributed by atoms with E-state index in [1.54, 1.807) is 6.07 Å². The molecule has 0 fully saturated rings. The van der Waals surface area contributed by atoms with Crippen LogP contribution in [0, 0.1) is 0 Å². The number of benzene rings is 3. The fourth-order valence-corrected chi connectivity index (χ4v) is 5.20. The fourth-order valence-electron chi connectivity index (χ4n) is 3.88. The zero-order valence-electron chi connectivity index (χ0n) is 19.4. The third-order valence-electron chi connectivity index (χ3n) is 5.52. The van der Waals surface area contributed by atoms with Crippen molar-refractivity contribution in [2.24, 2.45) is 0 Å². The first kappa shape index (κ1) is 28.1. The van der Waals surface area contributed by atoms with E-state index in [0.29, 0.717) is 21.7 Å². The minimum atomic E-state index is -0.754. The zero-order chi connectivity index (χ0) is 26.3. The van der Waals surface area contributed by atoms with Gasteiger partial charge in [0.1, 0.15) is 30.3 Å². The third-order valence-corrected chi connectivity index (χ3v) is 8.94. The Morgan fingerprint density at radius 2 is 0.973 bits per heavy atom.